The molecule has 17 heavy (non-hydrogen) atoms. The van der Waals surface area contributed by atoms with Gasteiger partial charge in [-0.3, -0.25) is 0 Å². The van der Waals surface area contributed by atoms with Crippen molar-refractivity contribution < 1.29 is 4.74 Å². The Morgan fingerprint density at radius 3 is 2.71 bits per heavy atom. The smallest absolute Gasteiger partial charge is 0.0469 e. The molecule has 1 heterocycles. The summed E-state index contributed by atoms with van der Waals surface area (Å²) in [6, 6.07) is 6.52. The topological polar surface area (TPSA) is 47.3 Å². The number of rotatable bonds is 3. The highest BCUT2D eigenvalue weighted by atomic mass is 16.5. The molecule has 0 spiro atoms. The maximum atomic E-state index is 5.76. The molecule has 2 rings (SSSR count). The molecule has 1 fully saturated rings. The van der Waals surface area contributed by atoms with E-state index in [1.807, 2.05) is 12.1 Å². The predicted molar refractivity (Wildman–Crippen MR) is 72.2 cm³/mol. The average Bonchev–Trinajstić information content (AvgIpc) is 2.34. The van der Waals surface area contributed by atoms with Crippen LogP contribution < -0.4 is 11.1 Å². The van der Waals surface area contributed by atoms with Gasteiger partial charge in [-0.2, -0.15) is 0 Å². The Balaban J connectivity index is 1.99. The van der Waals surface area contributed by atoms with Crippen molar-refractivity contribution in [3.05, 3.63) is 23.8 Å². The van der Waals surface area contributed by atoms with E-state index in [2.05, 4.69) is 25.2 Å². The third-order valence-corrected chi connectivity index (χ3v) is 3.61. The van der Waals surface area contributed by atoms with Gasteiger partial charge in [0.15, 0.2) is 0 Å². The molecule has 1 saturated heterocycles. The van der Waals surface area contributed by atoms with E-state index in [4.69, 9.17) is 10.5 Å². The van der Waals surface area contributed by atoms with Crippen LogP contribution in [0.1, 0.15) is 25.3 Å². The lowest BCUT2D eigenvalue weighted by Crippen LogP contribution is -2.31. The third kappa shape index (κ3) is 3.13. The molecule has 1 unspecified atom stereocenters. The summed E-state index contributed by atoms with van der Waals surface area (Å²) in [5.74, 6) is 0.709. The van der Waals surface area contributed by atoms with Crippen molar-refractivity contribution in [1.29, 1.82) is 0 Å². The molecule has 1 aromatic carbocycles. The second-order valence-electron chi connectivity index (χ2n) is 4.96. The van der Waals surface area contributed by atoms with E-state index in [9.17, 15) is 0 Å². The number of ether oxygens (including phenoxy) is 1. The lowest BCUT2D eigenvalue weighted by atomic mass is 9.92. The van der Waals surface area contributed by atoms with Gasteiger partial charge in [-0.05, 0) is 56.4 Å². The fourth-order valence-electron chi connectivity index (χ4n) is 2.43. The number of hydrogen-bond donors (Lipinski definition) is 2. The van der Waals surface area contributed by atoms with E-state index < -0.39 is 0 Å². The van der Waals surface area contributed by atoms with Gasteiger partial charge in [-0.1, -0.05) is 0 Å². The summed E-state index contributed by atoms with van der Waals surface area (Å²) in [6.07, 6.45) is 2.31. The number of aryl methyl sites for hydroxylation is 1. The zero-order chi connectivity index (χ0) is 12.3. The fourth-order valence-corrected chi connectivity index (χ4v) is 2.43. The third-order valence-electron chi connectivity index (χ3n) is 3.61. The number of nitrogens with one attached hydrogen (secondary N) is 1. The van der Waals surface area contributed by atoms with Crippen molar-refractivity contribution in [2.45, 2.75) is 32.7 Å². The van der Waals surface area contributed by atoms with E-state index in [-0.39, 0.29) is 0 Å². The van der Waals surface area contributed by atoms with Crippen LogP contribution in [0.2, 0.25) is 0 Å². The van der Waals surface area contributed by atoms with E-state index in [0.717, 1.165) is 31.7 Å². The largest absolute Gasteiger partial charge is 0.399 e. The van der Waals surface area contributed by atoms with E-state index >= 15 is 0 Å². The SMILES string of the molecule is Cc1cc(N)ccc1NC(C)C1CCOCC1. The van der Waals surface area contributed by atoms with Gasteiger partial charge in [0.25, 0.3) is 0 Å². The molecule has 1 aliphatic rings. The van der Waals surface area contributed by atoms with Gasteiger partial charge in [-0.15, -0.1) is 0 Å². The minimum atomic E-state index is 0.487. The zero-order valence-electron chi connectivity index (χ0n) is 10.7. The van der Waals surface area contributed by atoms with Gasteiger partial charge < -0.3 is 15.8 Å². The maximum absolute atomic E-state index is 5.76. The lowest BCUT2D eigenvalue weighted by molar-refractivity contribution is 0.0622. The summed E-state index contributed by atoms with van der Waals surface area (Å²) >= 11 is 0. The Hall–Kier alpha value is -1.22. The summed E-state index contributed by atoms with van der Waals surface area (Å²) in [5, 5.41) is 3.60. The number of anilines is 2. The van der Waals surface area contributed by atoms with Crippen molar-refractivity contribution in [3.8, 4) is 0 Å². The zero-order valence-corrected chi connectivity index (χ0v) is 10.7. The van der Waals surface area contributed by atoms with Crippen LogP contribution in [0.5, 0.6) is 0 Å². The molecule has 1 aliphatic heterocycles. The Bertz CT molecular complexity index is 372. The minimum Gasteiger partial charge on any atom is -0.399 e. The summed E-state index contributed by atoms with van der Waals surface area (Å²) < 4.78 is 5.40. The Morgan fingerprint density at radius 2 is 2.06 bits per heavy atom. The first-order valence-electron chi connectivity index (χ1n) is 6.37. The van der Waals surface area contributed by atoms with Crippen molar-refractivity contribution in [2.24, 2.45) is 5.92 Å². The molecular formula is C14H22N2O. The lowest BCUT2D eigenvalue weighted by Gasteiger charge is -2.29. The van der Waals surface area contributed by atoms with Gasteiger partial charge >= 0.3 is 0 Å². The van der Waals surface area contributed by atoms with Crippen LogP contribution in [0.25, 0.3) is 0 Å². The number of nitrogen functional groups attached to an aromatic ring is 1. The Morgan fingerprint density at radius 1 is 1.35 bits per heavy atom. The van der Waals surface area contributed by atoms with Crippen molar-refractivity contribution in [3.63, 3.8) is 0 Å². The highest BCUT2D eigenvalue weighted by Gasteiger charge is 2.20. The molecule has 0 radical (unpaired) electrons. The standard InChI is InChI=1S/C14H22N2O/c1-10-9-13(15)3-4-14(10)16-11(2)12-5-7-17-8-6-12/h3-4,9,11-12,16H,5-8,15H2,1-2H3. The Kier molecular flexibility index (Phi) is 3.89. The van der Waals surface area contributed by atoms with Crippen LogP contribution in [0.3, 0.4) is 0 Å². The van der Waals surface area contributed by atoms with Gasteiger partial charge in [0.2, 0.25) is 0 Å². The molecule has 3 nitrogen and oxygen atoms in total. The second-order valence-corrected chi connectivity index (χ2v) is 4.96. The maximum Gasteiger partial charge on any atom is 0.0469 e. The molecule has 1 atom stereocenters. The summed E-state index contributed by atoms with van der Waals surface area (Å²) in [4.78, 5) is 0. The first kappa shape index (κ1) is 12.2. The normalized spacial score (nSPS) is 18.9. The molecule has 0 bridgehead atoms. The van der Waals surface area contributed by atoms with Crippen LogP contribution in [0.4, 0.5) is 11.4 Å². The van der Waals surface area contributed by atoms with Gasteiger partial charge in [0.05, 0.1) is 0 Å². The fraction of sp³-hybridized carbons (Fsp3) is 0.571. The van der Waals surface area contributed by atoms with Crippen LogP contribution in [-0.4, -0.2) is 19.3 Å². The van der Waals surface area contributed by atoms with Crippen molar-refractivity contribution in [2.75, 3.05) is 24.3 Å². The van der Waals surface area contributed by atoms with E-state index in [1.54, 1.807) is 0 Å². The first-order valence-corrected chi connectivity index (χ1v) is 6.37. The van der Waals surface area contributed by atoms with Crippen LogP contribution in [0.15, 0.2) is 18.2 Å². The second kappa shape index (κ2) is 5.41. The summed E-state index contributed by atoms with van der Waals surface area (Å²) in [7, 11) is 0. The molecule has 3 heteroatoms. The van der Waals surface area contributed by atoms with Gasteiger partial charge in [-0.25, -0.2) is 0 Å². The molecule has 94 valence electrons. The molecule has 0 aromatic heterocycles. The molecule has 3 N–H and O–H groups in total. The predicted octanol–water partition coefficient (Wildman–Crippen LogP) is 2.80. The molecule has 1 aromatic rings. The Labute approximate surface area is 103 Å². The number of benzene rings is 1. The first-order chi connectivity index (χ1) is 8.16. The van der Waals surface area contributed by atoms with Crippen LogP contribution >= 0.6 is 0 Å². The molecular weight excluding hydrogens is 212 g/mol. The van der Waals surface area contributed by atoms with E-state index in [0.29, 0.717) is 12.0 Å². The highest BCUT2D eigenvalue weighted by Crippen LogP contribution is 2.24. The average molecular weight is 234 g/mol. The monoisotopic (exact) mass is 234 g/mol. The van der Waals surface area contributed by atoms with Crippen LogP contribution in [-0.2, 0) is 4.74 Å². The minimum absolute atomic E-state index is 0.487. The molecule has 0 amide bonds. The molecule has 0 aliphatic carbocycles. The summed E-state index contributed by atoms with van der Waals surface area (Å²) in [5.41, 5.74) is 8.99. The van der Waals surface area contributed by atoms with Crippen molar-refractivity contribution >= 4 is 11.4 Å². The highest BCUT2D eigenvalue weighted by molar-refractivity contribution is 5.57. The van der Waals surface area contributed by atoms with Gasteiger partial charge in [0.1, 0.15) is 0 Å². The summed E-state index contributed by atoms with van der Waals surface area (Å²) in [6.45, 7) is 6.15. The van der Waals surface area contributed by atoms with E-state index in [1.165, 1.54) is 11.3 Å². The number of hydrogen-bond acceptors (Lipinski definition) is 3. The quantitative estimate of drug-likeness (QED) is 0.791. The van der Waals surface area contributed by atoms with Crippen molar-refractivity contribution in [1.82, 2.24) is 0 Å². The van der Waals surface area contributed by atoms with Gasteiger partial charge in [0, 0.05) is 30.6 Å². The number of nitrogens with two attached hydrogens (primary N) is 1. The molecule has 0 saturated carbocycles. The van der Waals surface area contributed by atoms with Crippen LogP contribution in [0, 0.1) is 12.8 Å².